The molecule has 3 aromatic rings. The smallest absolute Gasteiger partial charge is 0.335 e. The van der Waals surface area contributed by atoms with E-state index in [1.807, 2.05) is 37.3 Å². The number of nitrogens with zero attached hydrogens (tertiary/aromatic N) is 1. The molecule has 0 aromatic heterocycles. The third kappa shape index (κ3) is 5.57. The van der Waals surface area contributed by atoms with Gasteiger partial charge in [-0.05, 0) is 94.7 Å². The van der Waals surface area contributed by atoms with Gasteiger partial charge in [0, 0.05) is 9.78 Å². The highest BCUT2D eigenvalue weighted by Gasteiger charge is 2.07. The van der Waals surface area contributed by atoms with E-state index in [0.717, 1.165) is 22.4 Å². The molecule has 148 valence electrons. The minimum Gasteiger partial charge on any atom is -0.493 e. The largest absolute Gasteiger partial charge is 0.493 e. The number of benzene rings is 3. The molecule has 3 rings (SSSR count). The van der Waals surface area contributed by atoms with Gasteiger partial charge in [0.2, 0.25) is 0 Å². The predicted octanol–water partition coefficient (Wildman–Crippen LogP) is 5.64. The van der Waals surface area contributed by atoms with Gasteiger partial charge in [-0.3, -0.25) is 4.99 Å². The summed E-state index contributed by atoms with van der Waals surface area (Å²) >= 11 is 2.28. The Balaban J connectivity index is 1.71. The zero-order chi connectivity index (χ0) is 20.8. The molecule has 0 spiro atoms. The van der Waals surface area contributed by atoms with Crippen LogP contribution in [0.1, 0.15) is 27.0 Å². The van der Waals surface area contributed by atoms with Gasteiger partial charge in [0.05, 0.1) is 18.4 Å². The summed E-state index contributed by atoms with van der Waals surface area (Å²) in [5.74, 6) is 0.268. The first kappa shape index (κ1) is 20.9. The average Bonchev–Trinajstić information content (AvgIpc) is 2.72. The lowest BCUT2D eigenvalue weighted by atomic mass is 10.1. The molecular weight excluding hydrogens is 481 g/mol. The highest BCUT2D eigenvalue weighted by Crippen LogP contribution is 2.29. The van der Waals surface area contributed by atoms with Crippen LogP contribution in [0.2, 0.25) is 0 Å². The molecule has 0 saturated heterocycles. The summed E-state index contributed by atoms with van der Waals surface area (Å²) in [4.78, 5) is 15.5. The van der Waals surface area contributed by atoms with Gasteiger partial charge in [0.1, 0.15) is 6.61 Å². The van der Waals surface area contributed by atoms with Gasteiger partial charge in [-0.1, -0.05) is 12.1 Å². The van der Waals surface area contributed by atoms with Crippen molar-refractivity contribution in [2.45, 2.75) is 13.5 Å². The number of aromatic carboxylic acids is 1. The lowest BCUT2D eigenvalue weighted by Gasteiger charge is -2.11. The minimum atomic E-state index is -0.947. The third-order valence-corrected chi connectivity index (χ3v) is 4.97. The van der Waals surface area contributed by atoms with Crippen LogP contribution in [-0.4, -0.2) is 24.4 Å². The second-order valence-electron chi connectivity index (χ2n) is 6.39. The second kappa shape index (κ2) is 9.56. The van der Waals surface area contributed by atoms with Crippen LogP contribution in [0, 0.1) is 10.5 Å². The fourth-order valence-electron chi connectivity index (χ4n) is 2.70. The van der Waals surface area contributed by atoms with Gasteiger partial charge < -0.3 is 14.6 Å². The number of rotatable bonds is 7. The van der Waals surface area contributed by atoms with Crippen LogP contribution in [0.25, 0.3) is 0 Å². The van der Waals surface area contributed by atoms with E-state index in [1.54, 1.807) is 37.6 Å². The maximum Gasteiger partial charge on any atom is 0.335 e. The number of methoxy groups -OCH3 is 1. The van der Waals surface area contributed by atoms with Gasteiger partial charge in [0.15, 0.2) is 11.5 Å². The Labute approximate surface area is 183 Å². The van der Waals surface area contributed by atoms with Crippen molar-refractivity contribution >= 4 is 40.5 Å². The fourth-order valence-corrected chi connectivity index (χ4v) is 3.34. The van der Waals surface area contributed by atoms with Crippen molar-refractivity contribution in [3.8, 4) is 11.5 Å². The van der Waals surface area contributed by atoms with Crippen molar-refractivity contribution in [3.63, 3.8) is 0 Å². The summed E-state index contributed by atoms with van der Waals surface area (Å²) < 4.78 is 12.5. The molecule has 3 aromatic carbocycles. The number of aryl methyl sites for hydroxylation is 1. The van der Waals surface area contributed by atoms with Crippen LogP contribution >= 0.6 is 22.6 Å². The number of halogens is 1. The first-order valence-corrected chi connectivity index (χ1v) is 9.97. The van der Waals surface area contributed by atoms with E-state index in [1.165, 1.54) is 3.57 Å². The van der Waals surface area contributed by atoms with Crippen LogP contribution in [0.3, 0.4) is 0 Å². The van der Waals surface area contributed by atoms with Gasteiger partial charge in [-0.2, -0.15) is 0 Å². The fraction of sp³-hybridized carbons (Fsp3) is 0.130. The van der Waals surface area contributed by atoms with Crippen LogP contribution < -0.4 is 9.47 Å². The third-order valence-electron chi connectivity index (χ3n) is 4.29. The number of carboxylic acid groups (broad SMARTS) is 1. The Kier molecular flexibility index (Phi) is 6.87. The summed E-state index contributed by atoms with van der Waals surface area (Å²) in [6.07, 6.45) is 1.80. The maximum atomic E-state index is 10.9. The number of ether oxygens (including phenoxy) is 2. The zero-order valence-corrected chi connectivity index (χ0v) is 18.2. The van der Waals surface area contributed by atoms with Crippen molar-refractivity contribution in [3.05, 3.63) is 86.5 Å². The van der Waals surface area contributed by atoms with E-state index in [-0.39, 0.29) is 5.56 Å². The molecule has 29 heavy (non-hydrogen) atoms. The minimum absolute atomic E-state index is 0.248. The topological polar surface area (TPSA) is 68.1 Å². The summed E-state index contributed by atoms with van der Waals surface area (Å²) in [5, 5.41) is 8.96. The second-order valence-corrected chi connectivity index (χ2v) is 7.64. The molecule has 0 fully saturated rings. The number of hydrogen-bond donors (Lipinski definition) is 1. The zero-order valence-electron chi connectivity index (χ0n) is 16.1. The van der Waals surface area contributed by atoms with Gasteiger partial charge >= 0.3 is 5.97 Å². The lowest BCUT2D eigenvalue weighted by Crippen LogP contribution is -2.00. The van der Waals surface area contributed by atoms with Crippen molar-refractivity contribution in [1.29, 1.82) is 0 Å². The monoisotopic (exact) mass is 501 g/mol. The number of carbonyl (C=O) groups is 1. The molecule has 0 saturated carbocycles. The summed E-state index contributed by atoms with van der Waals surface area (Å²) in [6, 6.07) is 18.3. The SMILES string of the molecule is COc1cc(C=Nc2ccc(I)cc2C)ccc1OCc1ccc(C(=O)O)cc1. The Morgan fingerprint density at radius 2 is 1.83 bits per heavy atom. The molecule has 5 nitrogen and oxygen atoms in total. The molecular formula is C23H20INO4. The molecule has 6 heteroatoms. The van der Waals surface area contributed by atoms with Gasteiger partial charge in [-0.15, -0.1) is 0 Å². The number of hydrogen-bond acceptors (Lipinski definition) is 4. The molecule has 0 amide bonds. The molecule has 0 unspecified atom stereocenters. The van der Waals surface area contributed by atoms with E-state index >= 15 is 0 Å². The Morgan fingerprint density at radius 3 is 2.48 bits per heavy atom. The Hall–Kier alpha value is -2.87. The van der Waals surface area contributed by atoms with Crippen molar-refractivity contribution in [2.24, 2.45) is 4.99 Å². The Morgan fingerprint density at radius 1 is 1.07 bits per heavy atom. The first-order chi connectivity index (χ1) is 14.0. The normalized spacial score (nSPS) is 10.9. The number of aliphatic imine (C=N–C) groups is 1. The van der Waals surface area contributed by atoms with Crippen molar-refractivity contribution in [2.75, 3.05) is 7.11 Å². The lowest BCUT2D eigenvalue weighted by molar-refractivity contribution is 0.0697. The summed E-state index contributed by atoms with van der Waals surface area (Å²) in [5.41, 5.74) is 4.07. The van der Waals surface area contributed by atoms with Gasteiger partial charge in [0.25, 0.3) is 0 Å². The summed E-state index contributed by atoms with van der Waals surface area (Å²) in [7, 11) is 1.59. The molecule has 0 atom stereocenters. The van der Waals surface area contributed by atoms with Crippen molar-refractivity contribution in [1.82, 2.24) is 0 Å². The van der Waals surface area contributed by atoms with E-state index in [2.05, 4.69) is 33.6 Å². The van der Waals surface area contributed by atoms with E-state index < -0.39 is 5.97 Å². The average molecular weight is 501 g/mol. The summed E-state index contributed by atoms with van der Waals surface area (Å²) in [6.45, 7) is 2.35. The standard InChI is InChI=1S/C23H20INO4/c1-15-11-19(24)8-9-20(15)25-13-17-5-10-21(22(12-17)28-2)29-14-16-3-6-18(7-4-16)23(26)27/h3-13H,14H2,1-2H3,(H,26,27). The number of carboxylic acids is 1. The molecule has 0 radical (unpaired) electrons. The quantitative estimate of drug-likeness (QED) is 0.336. The maximum absolute atomic E-state index is 10.9. The van der Waals surface area contributed by atoms with Crippen LogP contribution in [0.4, 0.5) is 5.69 Å². The van der Waals surface area contributed by atoms with Gasteiger partial charge in [-0.25, -0.2) is 4.79 Å². The molecule has 0 aliphatic rings. The molecule has 0 heterocycles. The van der Waals surface area contributed by atoms with Crippen LogP contribution in [-0.2, 0) is 6.61 Å². The molecule has 0 aliphatic carbocycles. The van der Waals surface area contributed by atoms with E-state index in [9.17, 15) is 4.79 Å². The van der Waals surface area contributed by atoms with Crippen molar-refractivity contribution < 1.29 is 19.4 Å². The predicted molar refractivity (Wildman–Crippen MR) is 122 cm³/mol. The Bertz CT molecular complexity index is 1050. The molecule has 1 N–H and O–H groups in total. The molecule has 0 bridgehead atoms. The first-order valence-electron chi connectivity index (χ1n) is 8.89. The van der Waals surface area contributed by atoms with Crippen LogP contribution in [0.5, 0.6) is 11.5 Å². The van der Waals surface area contributed by atoms with E-state index in [4.69, 9.17) is 14.6 Å². The molecule has 0 aliphatic heterocycles. The highest BCUT2D eigenvalue weighted by molar-refractivity contribution is 14.1. The van der Waals surface area contributed by atoms with Crippen LogP contribution in [0.15, 0.2) is 65.7 Å². The highest BCUT2D eigenvalue weighted by atomic mass is 127. The van der Waals surface area contributed by atoms with E-state index in [0.29, 0.717) is 18.1 Å².